The monoisotopic (exact) mass is 527 g/mol. The summed E-state index contributed by atoms with van der Waals surface area (Å²) in [6.07, 6.45) is -3.35. The Morgan fingerprint density at radius 2 is 1.18 bits per heavy atom. The van der Waals surface area contributed by atoms with Crippen LogP contribution in [-0.2, 0) is 10.3 Å². The van der Waals surface area contributed by atoms with Gasteiger partial charge in [-0.05, 0) is 35.7 Å². The summed E-state index contributed by atoms with van der Waals surface area (Å²) in [4.78, 5) is 0.970. The van der Waals surface area contributed by atoms with Crippen LogP contribution in [0.15, 0.2) is 120 Å². The average Bonchev–Trinajstić information content (AvgIpc) is 2.97. The van der Waals surface area contributed by atoms with Gasteiger partial charge in [-0.25, -0.2) is 0 Å². The molecule has 1 heterocycles. The van der Waals surface area contributed by atoms with E-state index in [1.807, 2.05) is 85.8 Å². The van der Waals surface area contributed by atoms with Crippen molar-refractivity contribution in [1.82, 2.24) is 5.32 Å². The molecule has 0 unspecified atom stereocenters. The fourth-order valence-corrected chi connectivity index (χ4v) is 6.29. The first-order chi connectivity index (χ1) is 18.5. The number of hydrogen-bond acceptors (Lipinski definition) is 6. The normalized spacial score (nSPS) is 23.7. The number of hydrogen-bond donors (Lipinski definition) is 4. The maximum Gasteiger partial charge on any atom is 0.126 e. The van der Waals surface area contributed by atoms with Crippen molar-refractivity contribution < 1.29 is 20.1 Å². The van der Waals surface area contributed by atoms with Crippen LogP contribution in [0.25, 0.3) is 0 Å². The maximum absolute atomic E-state index is 11.5. The van der Waals surface area contributed by atoms with Crippen molar-refractivity contribution in [3.63, 3.8) is 0 Å². The Labute approximate surface area is 228 Å². The van der Waals surface area contributed by atoms with Crippen molar-refractivity contribution in [2.45, 2.75) is 47.1 Å². The lowest BCUT2D eigenvalue weighted by Gasteiger charge is -2.48. The van der Waals surface area contributed by atoms with Gasteiger partial charge in [0.25, 0.3) is 0 Å². The van der Waals surface area contributed by atoms with Gasteiger partial charge in [0, 0.05) is 4.90 Å². The molecule has 0 amide bonds. The van der Waals surface area contributed by atoms with Crippen LogP contribution in [0, 0.1) is 6.92 Å². The molecular formula is C32H33NO4S. The smallest absolute Gasteiger partial charge is 0.126 e. The molecule has 1 fully saturated rings. The Bertz CT molecular complexity index is 1190. The van der Waals surface area contributed by atoms with Gasteiger partial charge in [-0.3, -0.25) is 5.32 Å². The lowest BCUT2D eigenvalue weighted by Crippen LogP contribution is -2.66. The molecule has 4 aromatic carbocycles. The van der Waals surface area contributed by atoms with Crippen molar-refractivity contribution in [3.05, 3.63) is 138 Å². The Morgan fingerprint density at radius 3 is 1.63 bits per heavy atom. The third-order valence-electron chi connectivity index (χ3n) is 7.16. The Kier molecular flexibility index (Phi) is 8.29. The van der Waals surface area contributed by atoms with Gasteiger partial charge in [-0.1, -0.05) is 120 Å². The molecule has 38 heavy (non-hydrogen) atoms. The first-order valence-corrected chi connectivity index (χ1v) is 13.7. The number of aliphatic hydroxyl groups excluding tert-OH is 3. The summed E-state index contributed by atoms with van der Waals surface area (Å²) in [7, 11) is 0. The molecule has 5 nitrogen and oxygen atoms in total. The fourth-order valence-electron chi connectivity index (χ4n) is 5.15. The van der Waals surface area contributed by atoms with Crippen LogP contribution in [0.3, 0.4) is 0 Å². The lowest BCUT2D eigenvalue weighted by molar-refractivity contribution is -0.173. The fraction of sp³-hybridized carbons (Fsp3) is 0.250. The number of thioether (sulfide) groups is 1. The van der Waals surface area contributed by atoms with E-state index in [2.05, 4.69) is 41.7 Å². The minimum absolute atomic E-state index is 0.392. The van der Waals surface area contributed by atoms with Crippen LogP contribution >= 0.6 is 11.8 Å². The second-order valence-electron chi connectivity index (χ2n) is 9.66. The minimum atomic E-state index is -1.26. The highest BCUT2D eigenvalue weighted by Crippen LogP contribution is 2.41. The molecule has 1 aliphatic rings. The SMILES string of the molecule is Cc1ccc(S[C@@H]2O[C@H](CO)[C@@H](O)[C@H](O)[C@H]2NC(c2ccccc2)(c2ccccc2)c2ccccc2)cc1. The Balaban J connectivity index is 1.65. The lowest BCUT2D eigenvalue weighted by atomic mass is 9.76. The predicted molar refractivity (Wildman–Crippen MR) is 151 cm³/mol. The quantitative estimate of drug-likeness (QED) is 0.253. The van der Waals surface area contributed by atoms with E-state index in [9.17, 15) is 15.3 Å². The molecule has 1 saturated heterocycles. The summed E-state index contributed by atoms with van der Waals surface area (Å²) in [5.74, 6) is 0. The highest BCUT2D eigenvalue weighted by molar-refractivity contribution is 7.99. The van der Waals surface area contributed by atoms with Crippen LogP contribution in [-0.4, -0.2) is 51.7 Å². The van der Waals surface area contributed by atoms with Crippen molar-refractivity contribution in [2.24, 2.45) is 0 Å². The first-order valence-electron chi connectivity index (χ1n) is 12.8. The van der Waals surface area contributed by atoms with Crippen molar-refractivity contribution in [3.8, 4) is 0 Å². The van der Waals surface area contributed by atoms with Gasteiger partial charge >= 0.3 is 0 Å². The number of aliphatic hydroxyl groups is 3. The third kappa shape index (κ3) is 5.29. The standard InChI is InChI=1S/C32H33NO4S/c1-22-17-19-26(20-18-22)38-31-28(30(36)29(35)27(21-34)37-31)33-32(23-11-5-2-6-12-23,24-13-7-3-8-14-24)25-15-9-4-10-16-25/h2-20,27-31,33-36H,21H2,1H3/t27-,28-,29-,30-,31+/m1/s1. The largest absolute Gasteiger partial charge is 0.394 e. The van der Waals surface area contributed by atoms with Crippen LogP contribution in [0.2, 0.25) is 0 Å². The van der Waals surface area contributed by atoms with Gasteiger partial charge in [0.1, 0.15) is 23.7 Å². The third-order valence-corrected chi connectivity index (χ3v) is 8.34. The highest BCUT2D eigenvalue weighted by Gasteiger charge is 2.49. The summed E-state index contributed by atoms with van der Waals surface area (Å²) in [5, 5.41) is 36.2. The van der Waals surface area contributed by atoms with E-state index < -0.39 is 41.9 Å². The van der Waals surface area contributed by atoms with Gasteiger partial charge in [-0.2, -0.15) is 0 Å². The van der Waals surface area contributed by atoms with E-state index in [-0.39, 0.29) is 0 Å². The van der Waals surface area contributed by atoms with Gasteiger partial charge in [0.15, 0.2) is 0 Å². The molecule has 196 valence electrons. The number of benzene rings is 4. The zero-order valence-corrected chi connectivity index (χ0v) is 22.0. The zero-order chi connectivity index (χ0) is 26.5. The van der Waals surface area contributed by atoms with Crippen LogP contribution < -0.4 is 5.32 Å². The molecule has 0 spiro atoms. The number of ether oxygens (including phenoxy) is 1. The van der Waals surface area contributed by atoms with Crippen molar-refractivity contribution in [2.75, 3.05) is 6.61 Å². The predicted octanol–water partition coefficient (Wildman–Crippen LogP) is 4.48. The van der Waals surface area contributed by atoms with Gasteiger partial charge < -0.3 is 20.1 Å². The summed E-state index contributed by atoms with van der Waals surface area (Å²) >= 11 is 1.47. The molecule has 6 heteroatoms. The number of aryl methyl sites for hydroxylation is 1. The molecule has 0 radical (unpaired) electrons. The van der Waals surface area contributed by atoms with Gasteiger partial charge in [-0.15, -0.1) is 0 Å². The average molecular weight is 528 g/mol. The number of nitrogens with one attached hydrogen (secondary N) is 1. The maximum atomic E-state index is 11.5. The van der Waals surface area contributed by atoms with E-state index in [4.69, 9.17) is 4.74 Å². The summed E-state index contributed by atoms with van der Waals surface area (Å²) in [6, 6.07) is 37.8. The van der Waals surface area contributed by atoms with E-state index in [0.717, 1.165) is 27.1 Å². The molecule has 0 aromatic heterocycles. The molecule has 5 atom stereocenters. The van der Waals surface area contributed by atoms with Crippen LogP contribution in [0.1, 0.15) is 22.3 Å². The summed E-state index contributed by atoms with van der Waals surface area (Å²) < 4.78 is 6.26. The first kappa shape index (κ1) is 26.6. The topological polar surface area (TPSA) is 82.0 Å². The molecule has 0 saturated carbocycles. The number of rotatable bonds is 8. The molecule has 0 bridgehead atoms. The van der Waals surface area contributed by atoms with E-state index >= 15 is 0 Å². The van der Waals surface area contributed by atoms with E-state index in [1.165, 1.54) is 11.8 Å². The Hall–Kier alpha value is -2.97. The van der Waals surface area contributed by atoms with E-state index in [0.29, 0.717) is 0 Å². The Morgan fingerprint density at radius 1 is 0.711 bits per heavy atom. The summed E-state index contributed by atoms with van der Waals surface area (Å²) in [5.41, 5.74) is 2.65. The molecule has 4 aromatic rings. The molecular weight excluding hydrogens is 494 g/mol. The second-order valence-corrected chi connectivity index (χ2v) is 10.8. The van der Waals surface area contributed by atoms with Crippen molar-refractivity contribution >= 4 is 11.8 Å². The highest BCUT2D eigenvalue weighted by atomic mass is 32.2. The van der Waals surface area contributed by atoms with Crippen LogP contribution in [0.4, 0.5) is 0 Å². The second kappa shape index (κ2) is 11.8. The van der Waals surface area contributed by atoms with E-state index in [1.54, 1.807) is 0 Å². The minimum Gasteiger partial charge on any atom is -0.394 e. The molecule has 5 rings (SSSR count). The molecule has 1 aliphatic heterocycles. The van der Waals surface area contributed by atoms with Crippen LogP contribution in [0.5, 0.6) is 0 Å². The van der Waals surface area contributed by atoms with Gasteiger partial charge in [0.2, 0.25) is 0 Å². The molecule has 4 N–H and O–H groups in total. The molecule has 0 aliphatic carbocycles. The van der Waals surface area contributed by atoms with Crippen molar-refractivity contribution in [1.29, 1.82) is 0 Å². The summed E-state index contributed by atoms with van der Waals surface area (Å²) in [6.45, 7) is 1.64. The zero-order valence-electron chi connectivity index (χ0n) is 21.2. The van der Waals surface area contributed by atoms with Gasteiger partial charge in [0.05, 0.1) is 18.2 Å².